The van der Waals surface area contributed by atoms with Gasteiger partial charge in [-0.25, -0.2) is 4.39 Å². The Morgan fingerprint density at radius 2 is 1.89 bits per heavy atom. The highest BCUT2D eigenvalue weighted by atomic mass is 79.9. The number of methoxy groups -OCH3 is 1. The van der Waals surface area contributed by atoms with Crippen molar-refractivity contribution < 1.29 is 9.13 Å². The molecule has 2 aromatic carbocycles. The molecule has 0 saturated carbocycles. The van der Waals surface area contributed by atoms with Gasteiger partial charge in [0.05, 0.1) is 13.2 Å². The lowest BCUT2D eigenvalue weighted by atomic mass is 9.99. The van der Waals surface area contributed by atoms with Gasteiger partial charge in [-0.15, -0.1) is 0 Å². The topological polar surface area (TPSA) is 35.2 Å². The number of rotatable bonds is 3. The van der Waals surface area contributed by atoms with Crippen molar-refractivity contribution in [2.75, 3.05) is 7.11 Å². The molecule has 2 rings (SSSR count). The zero-order valence-electron chi connectivity index (χ0n) is 10.2. The minimum absolute atomic E-state index is 0.395. The summed E-state index contributed by atoms with van der Waals surface area (Å²) in [6.45, 7) is 0. The van der Waals surface area contributed by atoms with Gasteiger partial charge in [-0.1, -0.05) is 39.7 Å². The summed E-state index contributed by atoms with van der Waals surface area (Å²) in [4.78, 5) is 0. The van der Waals surface area contributed by atoms with Crippen LogP contribution in [-0.4, -0.2) is 7.11 Å². The van der Waals surface area contributed by atoms with Crippen LogP contribution >= 0.6 is 27.5 Å². The molecule has 0 aliphatic carbocycles. The standard InChI is InChI=1S/C14H12BrClFNO/c1-19-9-3-5-11(13(17)7-9)14(18)10-4-2-8(16)6-12(10)15/h2-7,14H,18H2,1H3. The monoisotopic (exact) mass is 343 g/mol. The maximum atomic E-state index is 14.0. The van der Waals surface area contributed by atoms with Crippen LogP contribution in [0.25, 0.3) is 0 Å². The summed E-state index contributed by atoms with van der Waals surface area (Å²) in [5, 5.41) is 0.595. The number of ether oxygens (including phenoxy) is 1. The molecular weight excluding hydrogens is 333 g/mol. The Morgan fingerprint density at radius 1 is 1.21 bits per heavy atom. The molecule has 0 bridgehead atoms. The minimum Gasteiger partial charge on any atom is -0.497 e. The second kappa shape index (κ2) is 5.90. The van der Waals surface area contributed by atoms with Gasteiger partial charge in [-0.05, 0) is 23.8 Å². The fourth-order valence-electron chi connectivity index (χ4n) is 1.81. The Kier molecular flexibility index (Phi) is 4.45. The van der Waals surface area contributed by atoms with E-state index < -0.39 is 11.9 Å². The second-order valence-electron chi connectivity index (χ2n) is 4.03. The predicted molar refractivity (Wildman–Crippen MR) is 78.1 cm³/mol. The normalized spacial score (nSPS) is 12.3. The second-order valence-corrected chi connectivity index (χ2v) is 5.32. The molecule has 0 fully saturated rings. The van der Waals surface area contributed by atoms with Crippen LogP contribution < -0.4 is 10.5 Å². The lowest BCUT2D eigenvalue weighted by Crippen LogP contribution is -2.14. The lowest BCUT2D eigenvalue weighted by molar-refractivity contribution is 0.410. The number of nitrogens with two attached hydrogens (primary N) is 1. The van der Waals surface area contributed by atoms with E-state index in [0.29, 0.717) is 16.3 Å². The Morgan fingerprint density at radius 3 is 2.47 bits per heavy atom. The summed E-state index contributed by atoms with van der Waals surface area (Å²) in [6.07, 6.45) is 0. The van der Waals surface area contributed by atoms with Crippen molar-refractivity contribution >= 4 is 27.5 Å². The highest BCUT2D eigenvalue weighted by Gasteiger charge is 2.16. The van der Waals surface area contributed by atoms with E-state index in [1.807, 2.05) is 0 Å². The number of halogens is 3. The van der Waals surface area contributed by atoms with Gasteiger partial charge in [0.1, 0.15) is 11.6 Å². The maximum Gasteiger partial charge on any atom is 0.132 e. The quantitative estimate of drug-likeness (QED) is 0.901. The third kappa shape index (κ3) is 3.08. The van der Waals surface area contributed by atoms with E-state index in [4.69, 9.17) is 22.1 Å². The summed E-state index contributed by atoms with van der Waals surface area (Å²) in [5.41, 5.74) is 7.28. The number of hydrogen-bond acceptors (Lipinski definition) is 2. The Labute approximate surface area is 124 Å². The van der Waals surface area contributed by atoms with Crippen molar-refractivity contribution in [1.82, 2.24) is 0 Å². The third-order valence-electron chi connectivity index (χ3n) is 2.84. The first-order chi connectivity index (χ1) is 9.02. The minimum atomic E-state index is -0.572. The van der Waals surface area contributed by atoms with Crippen LogP contribution in [0.2, 0.25) is 5.02 Å². The van der Waals surface area contributed by atoms with Gasteiger partial charge in [0, 0.05) is 21.1 Å². The van der Waals surface area contributed by atoms with Crippen LogP contribution in [0.3, 0.4) is 0 Å². The summed E-state index contributed by atoms with van der Waals surface area (Å²) >= 11 is 9.26. The van der Waals surface area contributed by atoms with Gasteiger partial charge < -0.3 is 10.5 Å². The molecule has 0 saturated heterocycles. The van der Waals surface area contributed by atoms with E-state index in [1.54, 1.807) is 30.3 Å². The predicted octanol–water partition coefficient (Wildman–Crippen LogP) is 4.30. The molecule has 1 unspecified atom stereocenters. The van der Waals surface area contributed by atoms with Crippen LogP contribution in [0.15, 0.2) is 40.9 Å². The van der Waals surface area contributed by atoms with Gasteiger partial charge in [0.2, 0.25) is 0 Å². The molecular formula is C14H12BrClFNO. The molecule has 2 N–H and O–H groups in total. The Balaban J connectivity index is 2.41. The van der Waals surface area contributed by atoms with Crippen molar-refractivity contribution in [1.29, 1.82) is 0 Å². The van der Waals surface area contributed by atoms with Crippen molar-refractivity contribution in [3.05, 3.63) is 62.8 Å². The number of benzene rings is 2. The van der Waals surface area contributed by atoms with Crippen LogP contribution in [-0.2, 0) is 0 Å². The Hall–Kier alpha value is -1.10. The first-order valence-corrected chi connectivity index (χ1v) is 6.74. The molecule has 0 spiro atoms. The van der Waals surface area contributed by atoms with Gasteiger partial charge in [0.15, 0.2) is 0 Å². The zero-order valence-corrected chi connectivity index (χ0v) is 12.5. The molecule has 1 atom stereocenters. The molecule has 0 heterocycles. The largest absolute Gasteiger partial charge is 0.497 e. The maximum absolute atomic E-state index is 14.0. The van der Waals surface area contributed by atoms with Crippen LogP contribution in [0.4, 0.5) is 4.39 Å². The van der Waals surface area contributed by atoms with E-state index >= 15 is 0 Å². The summed E-state index contributed by atoms with van der Waals surface area (Å²) in [5.74, 6) is 0.0670. The molecule has 0 aliphatic heterocycles. The van der Waals surface area contributed by atoms with Gasteiger partial charge in [0.25, 0.3) is 0 Å². The fourth-order valence-corrected chi connectivity index (χ4v) is 2.74. The van der Waals surface area contributed by atoms with Crippen molar-refractivity contribution in [2.24, 2.45) is 5.73 Å². The molecule has 2 nitrogen and oxygen atoms in total. The lowest BCUT2D eigenvalue weighted by Gasteiger charge is -2.16. The van der Waals surface area contributed by atoms with Crippen molar-refractivity contribution in [3.8, 4) is 5.75 Å². The van der Waals surface area contributed by atoms with E-state index in [9.17, 15) is 4.39 Å². The zero-order chi connectivity index (χ0) is 14.0. The molecule has 0 aliphatic rings. The summed E-state index contributed by atoms with van der Waals surface area (Å²) in [6, 6.07) is 9.29. The van der Waals surface area contributed by atoms with Crippen molar-refractivity contribution in [2.45, 2.75) is 6.04 Å². The molecule has 0 radical (unpaired) electrons. The smallest absolute Gasteiger partial charge is 0.132 e. The fraction of sp³-hybridized carbons (Fsp3) is 0.143. The van der Waals surface area contributed by atoms with Gasteiger partial charge >= 0.3 is 0 Å². The SMILES string of the molecule is COc1ccc(C(N)c2ccc(Cl)cc2Br)c(F)c1. The van der Waals surface area contributed by atoms with Crippen molar-refractivity contribution in [3.63, 3.8) is 0 Å². The molecule has 19 heavy (non-hydrogen) atoms. The molecule has 100 valence electrons. The van der Waals surface area contributed by atoms with Gasteiger partial charge in [-0.3, -0.25) is 0 Å². The molecule has 2 aromatic rings. The first kappa shape index (κ1) is 14.3. The van der Waals surface area contributed by atoms with Crippen LogP contribution in [0.5, 0.6) is 5.75 Å². The highest BCUT2D eigenvalue weighted by molar-refractivity contribution is 9.10. The van der Waals surface area contributed by atoms with Crippen LogP contribution in [0.1, 0.15) is 17.2 Å². The average Bonchev–Trinajstić information content (AvgIpc) is 2.37. The molecule has 0 amide bonds. The summed E-state index contributed by atoms with van der Waals surface area (Å²) in [7, 11) is 1.49. The average molecular weight is 345 g/mol. The van der Waals surface area contributed by atoms with E-state index in [0.717, 1.165) is 10.0 Å². The van der Waals surface area contributed by atoms with Gasteiger partial charge in [-0.2, -0.15) is 0 Å². The third-order valence-corrected chi connectivity index (χ3v) is 3.76. The molecule has 5 heteroatoms. The van der Waals surface area contributed by atoms with E-state index in [2.05, 4.69) is 15.9 Å². The van der Waals surface area contributed by atoms with E-state index in [1.165, 1.54) is 13.2 Å². The molecule has 0 aromatic heterocycles. The van der Waals surface area contributed by atoms with E-state index in [-0.39, 0.29) is 0 Å². The summed E-state index contributed by atoms with van der Waals surface area (Å²) < 4.78 is 19.7. The Bertz CT molecular complexity index is 606. The van der Waals surface area contributed by atoms with Crippen LogP contribution in [0, 0.1) is 5.82 Å². The highest BCUT2D eigenvalue weighted by Crippen LogP contribution is 2.31. The first-order valence-electron chi connectivity index (χ1n) is 5.57. The number of hydrogen-bond donors (Lipinski definition) is 1.